The third kappa shape index (κ3) is 6.89. The molecular weight excluding hydrogens is 515 g/mol. The van der Waals surface area contributed by atoms with Crippen molar-refractivity contribution >= 4 is 46.2 Å². The van der Waals surface area contributed by atoms with Gasteiger partial charge in [0.15, 0.2) is 18.1 Å². The summed E-state index contributed by atoms with van der Waals surface area (Å²) in [4.78, 5) is 23.9. The molecule has 0 radical (unpaired) electrons. The Morgan fingerprint density at radius 3 is 2.61 bits per heavy atom. The van der Waals surface area contributed by atoms with E-state index in [1.54, 1.807) is 36.4 Å². The number of nitriles is 1. The monoisotopic (exact) mass is 536 g/mol. The number of esters is 1. The van der Waals surface area contributed by atoms with Gasteiger partial charge in [0.05, 0.1) is 24.4 Å². The van der Waals surface area contributed by atoms with E-state index in [0.29, 0.717) is 38.7 Å². The summed E-state index contributed by atoms with van der Waals surface area (Å²) in [5.74, 6) is 0.241. The average Bonchev–Trinajstić information content (AvgIpc) is 2.76. The Morgan fingerprint density at radius 1 is 1.19 bits per heavy atom. The Hall–Kier alpha value is -3.26. The summed E-state index contributed by atoms with van der Waals surface area (Å²) in [6.07, 6.45) is 1.44. The maximum atomic E-state index is 12.6. The van der Waals surface area contributed by atoms with Crippen molar-refractivity contribution in [1.82, 2.24) is 0 Å². The number of carbonyl (C=O) groups excluding carboxylic acids is 2. The van der Waals surface area contributed by atoms with E-state index in [9.17, 15) is 14.9 Å². The number of nitrogens with zero attached hydrogens (tertiary/aromatic N) is 1. The maximum absolute atomic E-state index is 12.6. The van der Waals surface area contributed by atoms with Crippen LogP contribution in [0.3, 0.4) is 0 Å². The van der Waals surface area contributed by atoms with E-state index in [1.165, 1.54) is 20.3 Å². The molecule has 8 nitrogen and oxygen atoms in total. The van der Waals surface area contributed by atoms with E-state index >= 15 is 0 Å². The molecule has 0 aliphatic heterocycles. The lowest BCUT2D eigenvalue weighted by Gasteiger charge is -2.13. The zero-order valence-corrected chi connectivity index (χ0v) is 19.4. The van der Waals surface area contributed by atoms with Gasteiger partial charge in [-0.1, -0.05) is 6.07 Å². The van der Waals surface area contributed by atoms with E-state index < -0.39 is 11.9 Å². The molecule has 162 valence electrons. The van der Waals surface area contributed by atoms with Crippen LogP contribution >= 0.6 is 22.6 Å². The van der Waals surface area contributed by atoms with Crippen LogP contribution in [0.15, 0.2) is 42.0 Å². The Morgan fingerprint density at radius 2 is 1.97 bits per heavy atom. The molecule has 9 heteroatoms. The fraction of sp³-hybridized carbons (Fsp3) is 0.227. The highest BCUT2D eigenvalue weighted by molar-refractivity contribution is 14.1. The molecule has 2 aromatic carbocycles. The standard InChI is InChI=1S/C22H21IN2O6/c1-4-30-17-7-5-6-16(11-17)25-22(27)15(12-24)8-14-9-18(23)21(19(10-14)28-2)31-13-20(26)29-3/h5-11H,4,13H2,1-3H3,(H,25,27)/b15-8-. The molecule has 1 N–H and O–H groups in total. The predicted molar refractivity (Wildman–Crippen MR) is 123 cm³/mol. The number of carbonyl (C=O) groups is 2. The number of ether oxygens (including phenoxy) is 4. The molecule has 0 bridgehead atoms. The smallest absolute Gasteiger partial charge is 0.343 e. The van der Waals surface area contributed by atoms with Crippen LogP contribution in [0.5, 0.6) is 17.2 Å². The summed E-state index contributed by atoms with van der Waals surface area (Å²) in [6.45, 7) is 2.09. The number of benzene rings is 2. The van der Waals surface area contributed by atoms with Crippen molar-refractivity contribution in [2.75, 3.05) is 32.8 Å². The molecule has 1 amide bonds. The van der Waals surface area contributed by atoms with Gasteiger partial charge in [-0.15, -0.1) is 0 Å². The molecule has 0 aromatic heterocycles. The topological polar surface area (TPSA) is 107 Å². The summed E-state index contributed by atoms with van der Waals surface area (Å²) in [7, 11) is 2.72. The summed E-state index contributed by atoms with van der Waals surface area (Å²) < 4.78 is 21.4. The van der Waals surface area contributed by atoms with Crippen molar-refractivity contribution in [3.05, 3.63) is 51.1 Å². The first kappa shape index (κ1) is 24.0. The van der Waals surface area contributed by atoms with Crippen LogP contribution < -0.4 is 19.5 Å². The summed E-state index contributed by atoms with van der Waals surface area (Å²) in [5, 5.41) is 12.2. The fourth-order valence-corrected chi connectivity index (χ4v) is 3.28. The zero-order chi connectivity index (χ0) is 22.8. The first-order chi connectivity index (χ1) is 14.9. The molecule has 0 atom stereocenters. The number of amides is 1. The second-order valence-electron chi connectivity index (χ2n) is 5.98. The van der Waals surface area contributed by atoms with Gasteiger partial charge >= 0.3 is 5.97 Å². The maximum Gasteiger partial charge on any atom is 0.343 e. The molecule has 2 rings (SSSR count). The molecule has 0 aliphatic carbocycles. The van der Waals surface area contributed by atoms with E-state index in [-0.39, 0.29) is 12.2 Å². The Bertz CT molecular complexity index is 1030. The second kappa shape index (κ2) is 11.8. The molecule has 0 aliphatic rings. The third-order valence-electron chi connectivity index (χ3n) is 3.89. The van der Waals surface area contributed by atoms with Crippen LogP contribution in [0.4, 0.5) is 5.69 Å². The zero-order valence-electron chi connectivity index (χ0n) is 17.2. The van der Waals surface area contributed by atoms with Gasteiger partial charge < -0.3 is 24.3 Å². The summed E-state index contributed by atoms with van der Waals surface area (Å²) in [6, 6.07) is 12.1. The number of nitrogens with one attached hydrogen (secondary N) is 1. The molecule has 2 aromatic rings. The van der Waals surface area contributed by atoms with Gasteiger partial charge in [0, 0.05) is 11.8 Å². The Balaban J connectivity index is 2.25. The number of halogens is 1. The number of anilines is 1. The fourth-order valence-electron chi connectivity index (χ4n) is 2.50. The van der Waals surface area contributed by atoms with Crippen LogP contribution in [0.1, 0.15) is 12.5 Å². The normalized spacial score (nSPS) is 10.6. The van der Waals surface area contributed by atoms with Gasteiger partial charge in [0.1, 0.15) is 17.4 Å². The average molecular weight is 536 g/mol. The lowest BCUT2D eigenvalue weighted by Crippen LogP contribution is -2.14. The van der Waals surface area contributed by atoms with Crippen molar-refractivity contribution in [2.45, 2.75) is 6.92 Å². The minimum atomic E-state index is -0.559. The quantitative estimate of drug-likeness (QED) is 0.225. The minimum Gasteiger partial charge on any atom is -0.494 e. The highest BCUT2D eigenvalue weighted by Gasteiger charge is 2.15. The molecular formula is C22H21IN2O6. The van der Waals surface area contributed by atoms with E-state index in [0.717, 1.165) is 0 Å². The predicted octanol–water partition coefficient (Wildman–Crippen LogP) is 3.80. The van der Waals surface area contributed by atoms with Gasteiger partial charge in [0.25, 0.3) is 5.91 Å². The molecule has 0 heterocycles. The molecule has 0 fully saturated rings. The molecule has 0 saturated heterocycles. The molecule has 0 unspecified atom stereocenters. The Labute approximate surface area is 193 Å². The van der Waals surface area contributed by atoms with Crippen LogP contribution in [-0.4, -0.2) is 39.3 Å². The molecule has 31 heavy (non-hydrogen) atoms. The number of hydrogen-bond acceptors (Lipinski definition) is 7. The van der Waals surface area contributed by atoms with Crippen molar-refractivity contribution in [3.8, 4) is 23.3 Å². The number of rotatable bonds is 9. The van der Waals surface area contributed by atoms with Gasteiger partial charge in [-0.25, -0.2) is 4.79 Å². The van der Waals surface area contributed by atoms with E-state index in [4.69, 9.17) is 14.2 Å². The minimum absolute atomic E-state index is 0.0945. The lowest BCUT2D eigenvalue weighted by atomic mass is 10.1. The van der Waals surface area contributed by atoms with E-state index in [1.807, 2.05) is 35.6 Å². The van der Waals surface area contributed by atoms with Crippen LogP contribution in [-0.2, 0) is 14.3 Å². The largest absolute Gasteiger partial charge is 0.494 e. The molecule has 0 saturated carbocycles. The van der Waals surface area contributed by atoms with Crippen molar-refractivity contribution in [3.63, 3.8) is 0 Å². The first-order valence-electron chi connectivity index (χ1n) is 9.15. The highest BCUT2D eigenvalue weighted by Crippen LogP contribution is 2.34. The van der Waals surface area contributed by atoms with Crippen molar-refractivity contribution in [2.24, 2.45) is 0 Å². The number of methoxy groups -OCH3 is 2. The lowest BCUT2D eigenvalue weighted by molar-refractivity contribution is -0.142. The van der Waals surface area contributed by atoms with Crippen molar-refractivity contribution in [1.29, 1.82) is 5.26 Å². The number of hydrogen-bond donors (Lipinski definition) is 1. The highest BCUT2D eigenvalue weighted by atomic mass is 127. The molecule has 0 spiro atoms. The second-order valence-corrected chi connectivity index (χ2v) is 7.15. The Kier molecular flexibility index (Phi) is 9.14. The van der Waals surface area contributed by atoms with Gasteiger partial charge in [-0.2, -0.15) is 5.26 Å². The van der Waals surface area contributed by atoms with Crippen LogP contribution in [0.25, 0.3) is 6.08 Å². The summed E-state index contributed by atoms with van der Waals surface area (Å²) in [5.41, 5.74) is 0.972. The van der Waals surface area contributed by atoms with Crippen LogP contribution in [0, 0.1) is 14.9 Å². The SMILES string of the molecule is CCOc1cccc(NC(=O)/C(C#N)=C\c2cc(I)c(OCC(=O)OC)c(OC)c2)c1. The third-order valence-corrected chi connectivity index (χ3v) is 4.69. The van der Waals surface area contributed by atoms with Crippen molar-refractivity contribution < 1.29 is 28.5 Å². The first-order valence-corrected chi connectivity index (χ1v) is 10.2. The van der Waals surface area contributed by atoms with Crippen LogP contribution in [0.2, 0.25) is 0 Å². The van der Waals surface area contributed by atoms with Gasteiger partial charge in [0.2, 0.25) is 0 Å². The van der Waals surface area contributed by atoms with Gasteiger partial charge in [-0.3, -0.25) is 4.79 Å². The van der Waals surface area contributed by atoms with Gasteiger partial charge in [-0.05, 0) is 65.4 Å². The van der Waals surface area contributed by atoms with E-state index in [2.05, 4.69) is 10.1 Å². The summed E-state index contributed by atoms with van der Waals surface area (Å²) >= 11 is 2.02.